The molecule has 1 aromatic heterocycles. The lowest BCUT2D eigenvalue weighted by Gasteiger charge is -2.14. The van der Waals surface area contributed by atoms with Crippen molar-refractivity contribution in [1.82, 2.24) is 4.98 Å². The van der Waals surface area contributed by atoms with Crippen molar-refractivity contribution in [3.63, 3.8) is 0 Å². The Kier molecular flexibility index (Phi) is 5.63. The fraction of sp³-hybridized carbons (Fsp3) is 0.154. The molecule has 1 aromatic carbocycles. The molecule has 0 unspecified atom stereocenters. The van der Waals surface area contributed by atoms with Crippen molar-refractivity contribution in [3.8, 4) is 0 Å². The minimum Gasteiger partial charge on any atom is -0.448 e. The van der Waals surface area contributed by atoms with Crippen molar-refractivity contribution in [2.45, 2.75) is 13.0 Å². The highest BCUT2D eigenvalue weighted by Crippen LogP contribution is 2.26. The predicted octanol–water partition coefficient (Wildman–Crippen LogP) is 4.29. The molecular weight excluding hydrogens is 371 g/mol. The van der Waals surface area contributed by atoms with Gasteiger partial charge in [0.05, 0.1) is 16.2 Å². The number of nitrogens with one attached hydrogen (secondary N) is 1. The molecule has 1 amide bonds. The average Bonchev–Trinajstić information content (AvgIpc) is 2.89. The Morgan fingerprint density at radius 1 is 1.32 bits per heavy atom. The first kappa shape index (κ1) is 17.0. The standard InChI is InChI=1S/C13H9Cl3N2O3S/c1-6(21-13(20)10-11(16)17-5-22-10)12(19)18-9-4-7(14)2-3-8(9)15/h2-6H,1H3,(H,18,19)/t6-/m1/s1. The fourth-order valence-electron chi connectivity index (χ4n) is 1.46. The first-order valence-electron chi connectivity index (χ1n) is 5.94. The zero-order chi connectivity index (χ0) is 16.3. The highest BCUT2D eigenvalue weighted by atomic mass is 35.5. The first-order valence-corrected chi connectivity index (χ1v) is 7.95. The van der Waals surface area contributed by atoms with Gasteiger partial charge in [0.25, 0.3) is 5.91 Å². The first-order chi connectivity index (χ1) is 10.4. The van der Waals surface area contributed by atoms with E-state index in [4.69, 9.17) is 39.5 Å². The van der Waals surface area contributed by atoms with Crippen LogP contribution in [0, 0.1) is 0 Å². The van der Waals surface area contributed by atoms with Gasteiger partial charge in [0.15, 0.2) is 16.1 Å². The zero-order valence-corrected chi connectivity index (χ0v) is 14.2. The minimum atomic E-state index is -1.04. The van der Waals surface area contributed by atoms with Gasteiger partial charge in [-0.25, -0.2) is 9.78 Å². The summed E-state index contributed by atoms with van der Waals surface area (Å²) in [6.45, 7) is 1.43. The molecule has 1 heterocycles. The van der Waals surface area contributed by atoms with Crippen molar-refractivity contribution in [2.75, 3.05) is 5.32 Å². The van der Waals surface area contributed by atoms with Crippen molar-refractivity contribution in [1.29, 1.82) is 0 Å². The van der Waals surface area contributed by atoms with E-state index in [1.807, 2.05) is 0 Å². The van der Waals surface area contributed by atoms with Gasteiger partial charge in [0.2, 0.25) is 0 Å². The smallest absolute Gasteiger partial charge is 0.352 e. The number of amides is 1. The molecule has 0 radical (unpaired) electrons. The number of hydrogen-bond donors (Lipinski definition) is 1. The summed E-state index contributed by atoms with van der Waals surface area (Å²) in [5.74, 6) is -1.26. The highest BCUT2D eigenvalue weighted by molar-refractivity contribution is 7.12. The molecule has 0 saturated heterocycles. The number of benzene rings is 1. The second-order valence-electron chi connectivity index (χ2n) is 4.13. The van der Waals surface area contributed by atoms with Crippen LogP contribution in [0.5, 0.6) is 0 Å². The molecule has 0 bridgehead atoms. The molecule has 0 spiro atoms. The molecule has 0 aliphatic rings. The number of ether oxygens (including phenoxy) is 1. The number of thiazole rings is 1. The van der Waals surface area contributed by atoms with Crippen LogP contribution in [0.3, 0.4) is 0 Å². The Labute approximate surface area is 145 Å². The lowest BCUT2D eigenvalue weighted by molar-refractivity contribution is -0.123. The third kappa shape index (κ3) is 4.10. The zero-order valence-electron chi connectivity index (χ0n) is 11.1. The van der Waals surface area contributed by atoms with E-state index in [9.17, 15) is 9.59 Å². The van der Waals surface area contributed by atoms with E-state index in [-0.39, 0.29) is 10.0 Å². The van der Waals surface area contributed by atoms with Gasteiger partial charge in [-0.15, -0.1) is 11.3 Å². The second kappa shape index (κ2) is 7.28. The number of nitrogens with zero attached hydrogens (tertiary/aromatic N) is 1. The lowest BCUT2D eigenvalue weighted by Crippen LogP contribution is -2.30. The molecule has 0 aliphatic heterocycles. The number of carbonyl (C=O) groups excluding carboxylic acids is 2. The molecule has 5 nitrogen and oxygen atoms in total. The van der Waals surface area contributed by atoms with Crippen LogP contribution in [0.4, 0.5) is 5.69 Å². The minimum absolute atomic E-state index is 0.0421. The van der Waals surface area contributed by atoms with E-state index in [1.54, 1.807) is 12.1 Å². The SMILES string of the molecule is C[C@@H](OC(=O)c1scnc1Cl)C(=O)Nc1cc(Cl)ccc1Cl. The number of anilines is 1. The Hall–Kier alpha value is -1.34. The summed E-state index contributed by atoms with van der Waals surface area (Å²) in [6, 6.07) is 4.64. The Balaban J connectivity index is 2.02. The molecule has 0 aliphatic carbocycles. The third-order valence-corrected chi connectivity index (χ3v) is 4.32. The van der Waals surface area contributed by atoms with Crippen LogP contribution < -0.4 is 5.32 Å². The quantitative estimate of drug-likeness (QED) is 0.805. The molecule has 0 saturated carbocycles. The molecule has 116 valence electrons. The predicted molar refractivity (Wildman–Crippen MR) is 87.1 cm³/mol. The summed E-state index contributed by atoms with van der Waals surface area (Å²) >= 11 is 18.5. The van der Waals surface area contributed by atoms with Gasteiger partial charge < -0.3 is 10.1 Å². The molecule has 9 heteroatoms. The van der Waals surface area contributed by atoms with Crippen LogP contribution in [-0.2, 0) is 9.53 Å². The van der Waals surface area contributed by atoms with Gasteiger partial charge in [0, 0.05) is 5.02 Å². The molecule has 2 rings (SSSR count). The van der Waals surface area contributed by atoms with Gasteiger partial charge in [-0.05, 0) is 25.1 Å². The Bertz CT molecular complexity index is 720. The van der Waals surface area contributed by atoms with Crippen molar-refractivity contribution in [2.24, 2.45) is 0 Å². The molecule has 1 N–H and O–H groups in total. The summed E-state index contributed by atoms with van der Waals surface area (Å²) in [4.78, 5) is 27.8. The number of hydrogen-bond acceptors (Lipinski definition) is 5. The highest BCUT2D eigenvalue weighted by Gasteiger charge is 2.22. The molecule has 1 atom stereocenters. The van der Waals surface area contributed by atoms with Gasteiger partial charge >= 0.3 is 5.97 Å². The molecular formula is C13H9Cl3N2O3S. The summed E-state index contributed by atoms with van der Waals surface area (Å²) in [6.07, 6.45) is -1.04. The molecule has 2 aromatic rings. The van der Waals surface area contributed by atoms with Crippen LogP contribution >= 0.6 is 46.1 Å². The van der Waals surface area contributed by atoms with Crippen LogP contribution in [0.2, 0.25) is 15.2 Å². The number of rotatable bonds is 4. The number of halogens is 3. The third-order valence-electron chi connectivity index (χ3n) is 2.55. The van der Waals surface area contributed by atoms with Gasteiger partial charge in [-0.3, -0.25) is 4.79 Å². The van der Waals surface area contributed by atoms with Crippen LogP contribution in [0.25, 0.3) is 0 Å². The lowest BCUT2D eigenvalue weighted by atomic mass is 10.3. The fourth-order valence-corrected chi connectivity index (χ4v) is 2.67. The van der Waals surface area contributed by atoms with E-state index in [2.05, 4.69) is 10.3 Å². The number of aromatic nitrogens is 1. The summed E-state index contributed by atoms with van der Waals surface area (Å²) in [7, 11) is 0. The summed E-state index contributed by atoms with van der Waals surface area (Å²) in [5.41, 5.74) is 1.74. The van der Waals surface area contributed by atoms with E-state index in [1.165, 1.54) is 18.5 Å². The van der Waals surface area contributed by atoms with Gasteiger partial charge in [0.1, 0.15) is 0 Å². The van der Waals surface area contributed by atoms with Gasteiger partial charge in [-0.1, -0.05) is 34.8 Å². The molecule has 22 heavy (non-hydrogen) atoms. The van der Waals surface area contributed by atoms with E-state index < -0.39 is 18.0 Å². The normalized spacial score (nSPS) is 11.8. The molecule has 0 fully saturated rings. The van der Waals surface area contributed by atoms with E-state index in [0.717, 1.165) is 11.3 Å². The maximum atomic E-state index is 12.0. The van der Waals surface area contributed by atoms with Crippen LogP contribution in [0.15, 0.2) is 23.7 Å². The van der Waals surface area contributed by atoms with E-state index in [0.29, 0.717) is 15.7 Å². The summed E-state index contributed by atoms with van der Waals surface area (Å²) in [5, 5.41) is 3.32. The van der Waals surface area contributed by atoms with Crippen LogP contribution in [0.1, 0.15) is 16.6 Å². The average molecular weight is 380 g/mol. The number of esters is 1. The van der Waals surface area contributed by atoms with Crippen molar-refractivity contribution < 1.29 is 14.3 Å². The maximum Gasteiger partial charge on any atom is 0.352 e. The van der Waals surface area contributed by atoms with E-state index >= 15 is 0 Å². The van der Waals surface area contributed by atoms with Crippen molar-refractivity contribution in [3.05, 3.63) is 43.8 Å². The maximum absolute atomic E-state index is 12.0. The van der Waals surface area contributed by atoms with Gasteiger partial charge in [-0.2, -0.15) is 0 Å². The Morgan fingerprint density at radius 2 is 2.05 bits per heavy atom. The second-order valence-corrected chi connectivity index (χ2v) is 6.19. The largest absolute Gasteiger partial charge is 0.448 e. The summed E-state index contributed by atoms with van der Waals surface area (Å²) < 4.78 is 5.04. The van der Waals surface area contributed by atoms with Crippen molar-refractivity contribution >= 4 is 63.7 Å². The Morgan fingerprint density at radius 3 is 2.68 bits per heavy atom. The topological polar surface area (TPSA) is 68.3 Å². The number of carbonyl (C=O) groups is 2. The monoisotopic (exact) mass is 378 g/mol. The van der Waals surface area contributed by atoms with Crippen LogP contribution in [-0.4, -0.2) is 23.0 Å².